The third kappa shape index (κ3) is 4.70. The summed E-state index contributed by atoms with van der Waals surface area (Å²) in [4.78, 5) is 16.1. The second-order valence-corrected chi connectivity index (χ2v) is 7.10. The van der Waals surface area contributed by atoms with Crippen molar-refractivity contribution in [3.8, 4) is 5.75 Å². The molecule has 4 nitrogen and oxygen atoms in total. The highest BCUT2D eigenvalue weighted by atomic mass is 79.9. The van der Waals surface area contributed by atoms with E-state index in [1.807, 2.05) is 17.0 Å². The summed E-state index contributed by atoms with van der Waals surface area (Å²) < 4.78 is 6.55. The van der Waals surface area contributed by atoms with E-state index in [2.05, 4.69) is 35.8 Å². The molecule has 23 heavy (non-hydrogen) atoms. The van der Waals surface area contributed by atoms with Crippen LogP contribution in [0.1, 0.15) is 32.3 Å². The molecule has 1 heterocycles. The number of carbonyl (C=O) groups excluding carboxylic acids is 1. The largest absolute Gasteiger partial charge is 0.496 e. The minimum atomic E-state index is 0.164. The lowest BCUT2D eigenvalue weighted by molar-refractivity contribution is -0.921. The Morgan fingerprint density at radius 3 is 2.78 bits per heavy atom. The number of hydrogen-bond acceptors (Lipinski definition) is 2. The van der Waals surface area contributed by atoms with Gasteiger partial charge in [0.2, 0.25) is 5.91 Å². The fourth-order valence-corrected chi connectivity index (χ4v) is 3.88. The molecule has 1 amide bonds. The van der Waals surface area contributed by atoms with Gasteiger partial charge >= 0.3 is 0 Å². The number of amides is 1. The number of nitrogens with one attached hydrogen (secondary N) is 1. The van der Waals surface area contributed by atoms with Crippen molar-refractivity contribution in [3.63, 3.8) is 0 Å². The van der Waals surface area contributed by atoms with Crippen LogP contribution in [0.5, 0.6) is 5.75 Å². The summed E-state index contributed by atoms with van der Waals surface area (Å²) in [6.45, 7) is 8.68. The highest BCUT2D eigenvalue weighted by molar-refractivity contribution is 9.10. The topological polar surface area (TPSA) is 34.0 Å². The van der Waals surface area contributed by atoms with E-state index in [4.69, 9.17) is 4.74 Å². The van der Waals surface area contributed by atoms with Gasteiger partial charge in [0, 0.05) is 23.1 Å². The number of halogens is 1. The maximum Gasteiger partial charge on any atom is 0.231 e. The molecule has 1 saturated heterocycles. The summed E-state index contributed by atoms with van der Waals surface area (Å²) >= 11 is 3.54. The van der Waals surface area contributed by atoms with E-state index in [0.717, 1.165) is 55.8 Å². The molecule has 0 radical (unpaired) electrons. The lowest BCUT2D eigenvalue weighted by Gasteiger charge is -2.32. The van der Waals surface area contributed by atoms with Crippen molar-refractivity contribution >= 4 is 21.8 Å². The first-order chi connectivity index (χ1) is 11.1. The third-order valence-corrected chi connectivity index (χ3v) is 5.22. The fourth-order valence-electron chi connectivity index (χ4n) is 3.47. The molecule has 5 heteroatoms. The molecule has 0 bridgehead atoms. The van der Waals surface area contributed by atoms with Gasteiger partial charge in [-0.15, -0.1) is 0 Å². The number of methoxy groups -OCH3 is 1. The maximum absolute atomic E-state index is 12.6. The van der Waals surface area contributed by atoms with Gasteiger partial charge in [0.05, 0.1) is 26.1 Å². The fraction of sp³-hybridized carbons (Fsp3) is 0.611. The second kappa shape index (κ2) is 8.69. The van der Waals surface area contributed by atoms with Crippen LogP contribution in [-0.2, 0) is 11.3 Å². The number of benzene rings is 1. The number of piperidine rings is 1. The molecular weight excluding hydrogens is 356 g/mol. The molecule has 1 N–H and O–H groups in total. The first kappa shape index (κ1) is 18.3. The van der Waals surface area contributed by atoms with Gasteiger partial charge in [0.25, 0.3) is 0 Å². The molecule has 1 unspecified atom stereocenters. The summed E-state index contributed by atoms with van der Waals surface area (Å²) in [6.07, 6.45) is 2.14. The van der Waals surface area contributed by atoms with Crippen LogP contribution >= 0.6 is 15.9 Å². The predicted octanol–water partition coefficient (Wildman–Crippen LogP) is 2.12. The van der Waals surface area contributed by atoms with Crippen molar-refractivity contribution in [2.24, 2.45) is 5.92 Å². The van der Waals surface area contributed by atoms with Crippen molar-refractivity contribution in [2.75, 3.05) is 33.3 Å². The second-order valence-electron chi connectivity index (χ2n) is 6.19. The Bertz CT molecular complexity index is 532. The molecule has 0 aromatic heterocycles. The quantitative estimate of drug-likeness (QED) is 0.816. The van der Waals surface area contributed by atoms with Crippen molar-refractivity contribution in [3.05, 3.63) is 28.2 Å². The zero-order valence-corrected chi connectivity index (χ0v) is 16.0. The standard InChI is InChI=1S/C18H27BrN2O2/c1-4-21(5-2)18(22)14-7-6-10-20(12-14)13-15-11-16(19)8-9-17(15)23-3/h8-9,11,14H,4-7,10,12-13H2,1-3H3/p+1/t14-/m0/s1. The number of quaternary nitrogens is 1. The SMILES string of the molecule is CCN(CC)C(=O)[C@H]1CCC[NH+](Cc2cc(Br)ccc2OC)C1. The summed E-state index contributed by atoms with van der Waals surface area (Å²) in [6, 6.07) is 6.13. The van der Waals surface area contributed by atoms with E-state index >= 15 is 0 Å². The van der Waals surface area contributed by atoms with Gasteiger partial charge in [-0.1, -0.05) is 15.9 Å². The van der Waals surface area contributed by atoms with Gasteiger partial charge in [0.15, 0.2) is 0 Å². The monoisotopic (exact) mass is 383 g/mol. The average Bonchev–Trinajstić information content (AvgIpc) is 2.56. The zero-order valence-electron chi connectivity index (χ0n) is 14.4. The van der Waals surface area contributed by atoms with Gasteiger partial charge in [-0.2, -0.15) is 0 Å². The van der Waals surface area contributed by atoms with Crippen LogP contribution in [0, 0.1) is 5.92 Å². The van der Waals surface area contributed by atoms with Gasteiger partial charge in [-0.05, 0) is 44.9 Å². The molecule has 2 atom stereocenters. The number of nitrogens with zero attached hydrogens (tertiary/aromatic N) is 1. The van der Waals surface area contributed by atoms with Crippen LogP contribution in [0.25, 0.3) is 0 Å². The van der Waals surface area contributed by atoms with Crippen LogP contribution in [0.4, 0.5) is 0 Å². The van der Waals surface area contributed by atoms with E-state index in [0.29, 0.717) is 5.91 Å². The zero-order chi connectivity index (χ0) is 16.8. The smallest absolute Gasteiger partial charge is 0.231 e. The molecule has 1 aliphatic rings. The highest BCUT2D eigenvalue weighted by Gasteiger charge is 2.31. The van der Waals surface area contributed by atoms with E-state index in [1.165, 1.54) is 10.5 Å². The molecule has 0 saturated carbocycles. The van der Waals surface area contributed by atoms with Crippen LogP contribution in [0.3, 0.4) is 0 Å². The van der Waals surface area contributed by atoms with Crippen LogP contribution in [0.15, 0.2) is 22.7 Å². The lowest BCUT2D eigenvalue weighted by Crippen LogP contribution is -3.12. The van der Waals surface area contributed by atoms with Crippen molar-refractivity contribution in [1.29, 1.82) is 0 Å². The first-order valence-electron chi connectivity index (χ1n) is 8.53. The van der Waals surface area contributed by atoms with E-state index < -0.39 is 0 Å². The summed E-state index contributed by atoms with van der Waals surface area (Å²) in [5.74, 6) is 1.42. The Labute approximate surface area is 147 Å². The maximum atomic E-state index is 12.6. The molecule has 0 spiro atoms. The van der Waals surface area contributed by atoms with Gasteiger partial charge in [-0.3, -0.25) is 4.79 Å². The molecule has 1 aromatic carbocycles. The van der Waals surface area contributed by atoms with Gasteiger partial charge in [0.1, 0.15) is 12.3 Å². The van der Waals surface area contributed by atoms with Crippen LogP contribution in [-0.4, -0.2) is 44.1 Å². The Morgan fingerprint density at radius 2 is 2.13 bits per heavy atom. The Kier molecular flexibility index (Phi) is 6.90. The van der Waals surface area contributed by atoms with Crippen molar-refractivity contribution < 1.29 is 14.4 Å². The van der Waals surface area contributed by atoms with Crippen molar-refractivity contribution in [2.45, 2.75) is 33.2 Å². The Morgan fingerprint density at radius 1 is 1.39 bits per heavy atom. The average molecular weight is 384 g/mol. The summed E-state index contributed by atoms with van der Waals surface area (Å²) in [5.41, 5.74) is 1.20. The highest BCUT2D eigenvalue weighted by Crippen LogP contribution is 2.22. The number of ether oxygens (including phenoxy) is 1. The van der Waals surface area contributed by atoms with Gasteiger partial charge in [-0.25, -0.2) is 0 Å². The minimum Gasteiger partial charge on any atom is -0.496 e. The number of rotatable bonds is 6. The molecule has 0 aliphatic carbocycles. The molecule has 1 aromatic rings. The Balaban J connectivity index is 2.04. The van der Waals surface area contributed by atoms with E-state index in [1.54, 1.807) is 7.11 Å². The van der Waals surface area contributed by atoms with E-state index in [-0.39, 0.29) is 5.92 Å². The lowest BCUT2D eigenvalue weighted by atomic mass is 9.96. The van der Waals surface area contributed by atoms with Crippen LogP contribution < -0.4 is 9.64 Å². The van der Waals surface area contributed by atoms with Crippen molar-refractivity contribution in [1.82, 2.24) is 4.90 Å². The summed E-state index contributed by atoms with van der Waals surface area (Å²) in [5, 5.41) is 0. The third-order valence-electron chi connectivity index (χ3n) is 4.73. The predicted molar refractivity (Wildman–Crippen MR) is 95.7 cm³/mol. The van der Waals surface area contributed by atoms with Gasteiger partial charge < -0.3 is 14.5 Å². The summed E-state index contributed by atoms with van der Waals surface area (Å²) in [7, 11) is 1.71. The molecule has 1 aliphatic heterocycles. The number of hydrogen-bond donors (Lipinski definition) is 1. The first-order valence-corrected chi connectivity index (χ1v) is 9.33. The normalized spacial score (nSPS) is 21.0. The molecule has 128 valence electrons. The Hall–Kier alpha value is -1.07. The van der Waals surface area contributed by atoms with E-state index in [9.17, 15) is 4.79 Å². The molecule has 1 fully saturated rings. The number of carbonyl (C=O) groups is 1. The minimum absolute atomic E-state index is 0.164. The molecular formula is C18H28BrN2O2+. The number of likely N-dealkylation sites (tertiary alicyclic amines) is 1. The van der Waals surface area contributed by atoms with Crippen LogP contribution in [0.2, 0.25) is 0 Å². The molecule has 2 rings (SSSR count).